The second-order valence-corrected chi connectivity index (χ2v) is 8.19. The molecule has 1 aromatic heterocycles. The van der Waals surface area contributed by atoms with Crippen LogP contribution in [0.4, 0.5) is 11.5 Å². The van der Waals surface area contributed by atoms with Crippen LogP contribution in [0.25, 0.3) is 0 Å². The van der Waals surface area contributed by atoms with E-state index < -0.39 is 5.25 Å². The molecule has 3 aromatic rings. The van der Waals surface area contributed by atoms with Crippen LogP contribution in [0.3, 0.4) is 0 Å². The van der Waals surface area contributed by atoms with Gasteiger partial charge in [0.15, 0.2) is 5.82 Å². The molecule has 1 fully saturated rings. The molecule has 1 atom stereocenters. The minimum absolute atomic E-state index is 0.0610. The van der Waals surface area contributed by atoms with E-state index in [0.29, 0.717) is 11.6 Å². The SMILES string of the molecule is Cc1cc(NC(=O)C(Sc2cccc(NC(=O)C3CC3)c2)c2ccccc2)no1. The summed E-state index contributed by atoms with van der Waals surface area (Å²) in [5.74, 6) is 1.02. The van der Waals surface area contributed by atoms with Gasteiger partial charge in [-0.25, -0.2) is 0 Å². The van der Waals surface area contributed by atoms with Gasteiger partial charge < -0.3 is 15.2 Å². The average Bonchev–Trinajstić information content (AvgIpc) is 3.50. The quantitative estimate of drug-likeness (QED) is 0.550. The van der Waals surface area contributed by atoms with Gasteiger partial charge in [0.1, 0.15) is 11.0 Å². The van der Waals surface area contributed by atoms with Crippen molar-refractivity contribution in [2.45, 2.75) is 29.9 Å². The Morgan fingerprint density at radius 2 is 1.86 bits per heavy atom. The number of nitrogens with zero attached hydrogens (tertiary/aromatic N) is 1. The molecule has 0 radical (unpaired) electrons. The van der Waals surface area contributed by atoms with Crippen LogP contribution in [-0.2, 0) is 9.59 Å². The van der Waals surface area contributed by atoms with Crippen molar-refractivity contribution in [3.8, 4) is 0 Å². The van der Waals surface area contributed by atoms with Crippen molar-refractivity contribution in [3.05, 3.63) is 72.0 Å². The largest absolute Gasteiger partial charge is 0.360 e. The summed E-state index contributed by atoms with van der Waals surface area (Å²) in [5.41, 5.74) is 1.62. The molecule has 1 saturated carbocycles. The zero-order chi connectivity index (χ0) is 20.2. The second kappa shape index (κ2) is 8.53. The van der Waals surface area contributed by atoms with E-state index in [-0.39, 0.29) is 17.7 Å². The van der Waals surface area contributed by atoms with Gasteiger partial charge in [0.2, 0.25) is 11.8 Å². The van der Waals surface area contributed by atoms with Crippen molar-refractivity contribution in [2.75, 3.05) is 10.6 Å². The first-order chi connectivity index (χ1) is 14.1. The highest BCUT2D eigenvalue weighted by Crippen LogP contribution is 2.37. The number of hydrogen-bond donors (Lipinski definition) is 2. The number of aryl methyl sites for hydroxylation is 1. The number of amides is 2. The maximum Gasteiger partial charge on any atom is 0.243 e. The number of nitrogens with one attached hydrogen (secondary N) is 2. The summed E-state index contributed by atoms with van der Waals surface area (Å²) in [7, 11) is 0. The minimum Gasteiger partial charge on any atom is -0.360 e. The number of thioether (sulfide) groups is 1. The van der Waals surface area contributed by atoms with Crippen LogP contribution in [0, 0.1) is 12.8 Å². The summed E-state index contributed by atoms with van der Waals surface area (Å²) in [6.45, 7) is 1.77. The van der Waals surface area contributed by atoms with Crippen LogP contribution in [0.5, 0.6) is 0 Å². The first-order valence-corrected chi connectivity index (χ1v) is 10.3. The second-order valence-electron chi connectivity index (χ2n) is 7.01. The molecule has 148 valence electrons. The van der Waals surface area contributed by atoms with Gasteiger partial charge in [-0.2, -0.15) is 0 Å². The number of benzene rings is 2. The Balaban J connectivity index is 1.53. The summed E-state index contributed by atoms with van der Waals surface area (Å²) in [5, 5.41) is 9.13. The fourth-order valence-electron chi connectivity index (χ4n) is 2.89. The molecule has 1 unspecified atom stereocenters. The number of rotatable bonds is 7. The molecule has 0 bridgehead atoms. The Morgan fingerprint density at radius 3 is 2.55 bits per heavy atom. The normalized spacial score (nSPS) is 14.2. The third kappa shape index (κ3) is 5.06. The highest BCUT2D eigenvalue weighted by atomic mass is 32.2. The summed E-state index contributed by atoms with van der Waals surface area (Å²) in [6, 6.07) is 18.8. The van der Waals surface area contributed by atoms with Gasteiger partial charge in [0, 0.05) is 22.6 Å². The highest BCUT2D eigenvalue weighted by Gasteiger charge is 2.29. The molecule has 1 heterocycles. The van der Waals surface area contributed by atoms with Gasteiger partial charge in [-0.1, -0.05) is 41.6 Å². The predicted octanol–water partition coefficient (Wildman–Crippen LogP) is 4.80. The number of aromatic nitrogens is 1. The van der Waals surface area contributed by atoms with E-state index in [9.17, 15) is 9.59 Å². The molecule has 6 nitrogen and oxygen atoms in total. The Bertz CT molecular complexity index is 1010. The lowest BCUT2D eigenvalue weighted by molar-refractivity contribution is -0.117. The molecule has 2 N–H and O–H groups in total. The van der Waals surface area contributed by atoms with Crippen molar-refractivity contribution in [3.63, 3.8) is 0 Å². The van der Waals surface area contributed by atoms with Crippen LogP contribution >= 0.6 is 11.8 Å². The minimum atomic E-state index is -0.484. The van der Waals surface area contributed by atoms with Crippen molar-refractivity contribution in [1.82, 2.24) is 5.16 Å². The van der Waals surface area contributed by atoms with Crippen molar-refractivity contribution in [1.29, 1.82) is 0 Å². The molecule has 1 aliphatic rings. The van der Waals surface area contributed by atoms with E-state index in [4.69, 9.17) is 4.52 Å². The summed E-state index contributed by atoms with van der Waals surface area (Å²) in [6.07, 6.45) is 1.91. The first-order valence-electron chi connectivity index (χ1n) is 9.45. The Hall–Kier alpha value is -3.06. The molecular weight excluding hydrogens is 386 g/mol. The highest BCUT2D eigenvalue weighted by molar-refractivity contribution is 8.00. The number of carbonyl (C=O) groups excluding carboxylic acids is 2. The van der Waals surface area contributed by atoms with Gasteiger partial charge in [-0.15, -0.1) is 11.8 Å². The molecule has 0 aliphatic heterocycles. The van der Waals surface area contributed by atoms with E-state index in [0.717, 1.165) is 29.0 Å². The van der Waals surface area contributed by atoms with Crippen LogP contribution in [-0.4, -0.2) is 17.0 Å². The molecule has 0 spiro atoms. The van der Waals surface area contributed by atoms with Gasteiger partial charge in [-0.05, 0) is 43.5 Å². The molecule has 0 saturated heterocycles. The van der Waals surface area contributed by atoms with Gasteiger partial charge in [0.05, 0.1) is 0 Å². The Morgan fingerprint density at radius 1 is 1.07 bits per heavy atom. The van der Waals surface area contributed by atoms with Gasteiger partial charge >= 0.3 is 0 Å². The lowest BCUT2D eigenvalue weighted by atomic mass is 10.1. The summed E-state index contributed by atoms with van der Waals surface area (Å²) >= 11 is 1.42. The van der Waals surface area contributed by atoms with E-state index in [1.807, 2.05) is 54.6 Å². The standard InChI is InChI=1S/C22H21N3O3S/c1-14-12-19(25-28-14)24-22(27)20(15-6-3-2-4-7-15)29-18-9-5-8-17(13-18)23-21(26)16-10-11-16/h2-9,12-13,16,20H,10-11H2,1H3,(H,23,26)(H,24,25,27). The zero-order valence-electron chi connectivity index (χ0n) is 15.9. The van der Waals surface area contributed by atoms with Crippen LogP contribution in [0.1, 0.15) is 29.4 Å². The van der Waals surface area contributed by atoms with Crippen molar-refractivity contribution in [2.24, 2.45) is 5.92 Å². The van der Waals surface area contributed by atoms with Crippen molar-refractivity contribution >= 4 is 35.1 Å². The van der Waals surface area contributed by atoms with E-state index >= 15 is 0 Å². The van der Waals surface area contributed by atoms with Crippen molar-refractivity contribution < 1.29 is 14.1 Å². The molecule has 2 aromatic carbocycles. The molecular formula is C22H21N3O3S. The summed E-state index contributed by atoms with van der Waals surface area (Å²) < 4.78 is 5.03. The Kier molecular flexibility index (Phi) is 5.67. The fourth-order valence-corrected chi connectivity index (χ4v) is 3.97. The number of carbonyl (C=O) groups is 2. The van der Waals surface area contributed by atoms with E-state index in [1.165, 1.54) is 11.8 Å². The predicted molar refractivity (Wildman–Crippen MR) is 113 cm³/mol. The van der Waals surface area contributed by atoms with Gasteiger partial charge in [0.25, 0.3) is 0 Å². The monoisotopic (exact) mass is 407 g/mol. The third-order valence-electron chi connectivity index (χ3n) is 4.52. The topological polar surface area (TPSA) is 84.2 Å². The van der Waals surface area contributed by atoms with Crippen LogP contribution in [0.15, 0.2) is 70.1 Å². The number of hydrogen-bond acceptors (Lipinski definition) is 5. The van der Waals surface area contributed by atoms with E-state index in [2.05, 4.69) is 15.8 Å². The third-order valence-corrected chi connectivity index (χ3v) is 5.77. The summed E-state index contributed by atoms with van der Waals surface area (Å²) in [4.78, 5) is 25.9. The number of anilines is 2. The lowest BCUT2D eigenvalue weighted by Gasteiger charge is -2.16. The average molecular weight is 407 g/mol. The smallest absolute Gasteiger partial charge is 0.243 e. The molecule has 2 amide bonds. The molecule has 29 heavy (non-hydrogen) atoms. The molecule has 4 rings (SSSR count). The van der Waals surface area contributed by atoms with Crippen LogP contribution in [0.2, 0.25) is 0 Å². The maximum absolute atomic E-state index is 13.0. The van der Waals surface area contributed by atoms with E-state index in [1.54, 1.807) is 13.0 Å². The lowest BCUT2D eigenvalue weighted by Crippen LogP contribution is -2.19. The molecule has 7 heteroatoms. The first kappa shape index (κ1) is 19.3. The Labute approximate surface area is 173 Å². The maximum atomic E-state index is 13.0. The zero-order valence-corrected chi connectivity index (χ0v) is 16.7. The fraction of sp³-hybridized carbons (Fsp3) is 0.227. The van der Waals surface area contributed by atoms with Gasteiger partial charge in [-0.3, -0.25) is 9.59 Å². The van der Waals surface area contributed by atoms with Crippen LogP contribution < -0.4 is 10.6 Å². The molecule has 1 aliphatic carbocycles.